The molecule has 0 saturated heterocycles. The van der Waals surface area contributed by atoms with E-state index in [0.29, 0.717) is 26.4 Å². The molecule has 0 aliphatic heterocycles. The monoisotopic (exact) mass is 301 g/mol. The lowest BCUT2D eigenvalue weighted by Gasteiger charge is -2.07. The molecule has 1 aromatic heterocycles. The third kappa shape index (κ3) is 10.3. The molecule has 5 heteroatoms. The van der Waals surface area contributed by atoms with Crippen LogP contribution in [0.3, 0.4) is 0 Å². The predicted molar refractivity (Wildman–Crippen MR) is 83.4 cm³/mol. The Labute approximate surface area is 126 Å². The quantitative estimate of drug-likeness (QED) is 0.536. The van der Waals surface area contributed by atoms with Crippen LogP contribution in [0.1, 0.15) is 24.6 Å². The second-order valence-corrected chi connectivity index (χ2v) is 5.48. The summed E-state index contributed by atoms with van der Waals surface area (Å²) in [6, 6.07) is 4.20. The lowest BCUT2D eigenvalue weighted by Crippen LogP contribution is -2.20. The molecule has 0 aliphatic carbocycles. The lowest BCUT2D eigenvalue weighted by molar-refractivity contribution is 0.0146. The molecule has 0 atom stereocenters. The number of hydrogen-bond acceptors (Lipinski definition) is 5. The maximum Gasteiger partial charge on any atom is 0.0701 e. The van der Waals surface area contributed by atoms with Crippen molar-refractivity contribution in [2.75, 3.05) is 46.2 Å². The van der Waals surface area contributed by atoms with Crippen molar-refractivity contribution in [3.63, 3.8) is 0 Å². The van der Waals surface area contributed by atoms with E-state index >= 15 is 0 Å². The van der Waals surface area contributed by atoms with Crippen LogP contribution in [0.5, 0.6) is 0 Å². The van der Waals surface area contributed by atoms with Crippen LogP contribution in [0.2, 0.25) is 0 Å². The molecule has 0 spiro atoms. The number of nitrogens with one attached hydrogen (secondary N) is 1. The average molecular weight is 301 g/mol. The van der Waals surface area contributed by atoms with Gasteiger partial charge in [0.1, 0.15) is 0 Å². The Balaban J connectivity index is 1.70. The topological polar surface area (TPSA) is 39.7 Å². The average Bonchev–Trinajstić information content (AvgIpc) is 2.97. The summed E-state index contributed by atoms with van der Waals surface area (Å²) in [6.45, 7) is 8.15. The normalized spacial score (nSPS) is 11.1. The fourth-order valence-electron chi connectivity index (χ4n) is 1.56. The first-order valence-corrected chi connectivity index (χ1v) is 8.27. The van der Waals surface area contributed by atoms with Gasteiger partial charge in [0.25, 0.3) is 0 Å². The van der Waals surface area contributed by atoms with Gasteiger partial charge in [-0.2, -0.15) is 0 Å². The smallest absolute Gasteiger partial charge is 0.0701 e. The third-order valence-corrected chi connectivity index (χ3v) is 3.57. The molecule has 116 valence electrons. The fraction of sp³-hybridized carbons (Fsp3) is 0.733. The van der Waals surface area contributed by atoms with Crippen LogP contribution in [-0.4, -0.2) is 46.2 Å². The molecule has 0 bridgehead atoms. The number of ether oxygens (including phenoxy) is 3. The minimum atomic E-state index is 0.641. The minimum absolute atomic E-state index is 0.641. The highest BCUT2D eigenvalue weighted by molar-refractivity contribution is 7.09. The van der Waals surface area contributed by atoms with Crippen molar-refractivity contribution < 1.29 is 14.2 Å². The summed E-state index contributed by atoms with van der Waals surface area (Å²) in [5.74, 6) is 0. The standard InChI is InChI=1S/C15H27NO3S/c1-2-3-7-17-9-11-19-12-10-18-8-6-16-14-15-5-4-13-20-15/h4-5,13,16H,2-3,6-12,14H2,1H3. The second kappa shape index (κ2) is 13.5. The number of hydrogen-bond donors (Lipinski definition) is 1. The van der Waals surface area contributed by atoms with E-state index in [0.717, 1.165) is 32.7 Å². The van der Waals surface area contributed by atoms with E-state index in [1.807, 2.05) is 0 Å². The SMILES string of the molecule is CCCCOCCOCCOCCNCc1cccs1. The molecule has 1 aromatic rings. The van der Waals surface area contributed by atoms with Crippen molar-refractivity contribution in [2.45, 2.75) is 26.3 Å². The molecule has 0 saturated carbocycles. The summed E-state index contributed by atoms with van der Waals surface area (Å²) in [7, 11) is 0. The van der Waals surface area contributed by atoms with Gasteiger partial charge in [-0.15, -0.1) is 11.3 Å². The van der Waals surface area contributed by atoms with Crippen LogP contribution >= 0.6 is 11.3 Å². The summed E-state index contributed by atoms with van der Waals surface area (Å²) < 4.78 is 16.3. The molecule has 0 radical (unpaired) electrons. The molecule has 0 fully saturated rings. The van der Waals surface area contributed by atoms with Gasteiger partial charge in [0, 0.05) is 24.6 Å². The highest BCUT2D eigenvalue weighted by Gasteiger charge is 1.94. The van der Waals surface area contributed by atoms with Crippen LogP contribution in [0.15, 0.2) is 17.5 Å². The van der Waals surface area contributed by atoms with Gasteiger partial charge in [-0.3, -0.25) is 0 Å². The first-order chi connectivity index (χ1) is 9.93. The fourth-order valence-corrected chi connectivity index (χ4v) is 2.23. The zero-order valence-electron chi connectivity index (χ0n) is 12.4. The van der Waals surface area contributed by atoms with Crippen molar-refractivity contribution in [2.24, 2.45) is 0 Å². The molecule has 0 aromatic carbocycles. The van der Waals surface area contributed by atoms with Gasteiger partial charge < -0.3 is 19.5 Å². The molecule has 1 N–H and O–H groups in total. The highest BCUT2D eigenvalue weighted by atomic mass is 32.1. The molecule has 0 amide bonds. The maximum absolute atomic E-state index is 5.47. The van der Waals surface area contributed by atoms with E-state index in [2.05, 4.69) is 29.8 Å². The van der Waals surface area contributed by atoms with E-state index in [4.69, 9.17) is 14.2 Å². The van der Waals surface area contributed by atoms with Crippen molar-refractivity contribution in [3.05, 3.63) is 22.4 Å². The minimum Gasteiger partial charge on any atom is -0.379 e. The number of rotatable bonds is 14. The third-order valence-electron chi connectivity index (χ3n) is 2.69. The number of unbranched alkanes of at least 4 members (excludes halogenated alkanes) is 1. The summed E-state index contributed by atoms with van der Waals surface area (Å²) in [5, 5.41) is 5.44. The van der Waals surface area contributed by atoms with Gasteiger partial charge in [0.05, 0.1) is 33.0 Å². The van der Waals surface area contributed by atoms with Crippen molar-refractivity contribution in [1.82, 2.24) is 5.32 Å². The molecule has 0 unspecified atom stereocenters. The van der Waals surface area contributed by atoms with Gasteiger partial charge in [-0.1, -0.05) is 19.4 Å². The Morgan fingerprint density at radius 3 is 2.35 bits per heavy atom. The van der Waals surface area contributed by atoms with E-state index < -0.39 is 0 Å². The zero-order valence-corrected chi connectivity index (χ0v) is 13.3. The summed E-state index contributed by atoms with van der Waals surface area (Å²) in [4.78, 5) is 1.36. The number of thiophene rings is 1. The van der Waals surface area contributed by atoms with Crippen molar-refractivity contribution in [3.8, 4) is 0 Å². The van der Waals surface area contributed by atoms with Crippen LogP contribution in [0, 0.1) is 0 Å². The highest BCUT2D eigenvalue weighted by Crippen LogP contribution is 2.06. The molecule has 20 heavy (non-hydrogen) atoms. The summed E-state index contributed by atoms with van der Waals surface area (Å²) in [5.41, 5.74) is 0. The van der Waals surface area contributed by atoms with Crippen LogP contribution < -0.4 is 5.32 Å². The van der Waals surface area contributed by atoms with E-state index in [1.54, 1.807) is 11.3 Å². The van der Waals surface area contributed by atoms with Crippen molar-refractivity contribution in [1.29, 1.82) is 0 Å². The van der Waals surface area contributed by atoms with E-state index in [-0.39, 0.29) is 0 Å². The van der Waals surface area contributed by atoms with E-state index in [9.17, 15) is 0 Å². The Hall–Kier alpha value is -0.460. The molecule has 0 aliphatic rings. The Morgan fingerprint density at radius 1 is 1.00 bits per heavy atom. The molecule has 1 rings (SSSR count). The van der Waals surface area contributed by atoms with Gasteiger partial charge in [0.2, 0.25) is 0 Å². The van der Waals surface area contributed by atoms with Crippen LogP contribution in [0.25, 0.3) is 0 Å². The molecule has 1 heterocycles. The Bertz CT molecular complexity index is 293. The van der Waals surface area contributed by atoms with Gasteiger partial charge in [-0.25, -0.2) is 0 Å². The van der Waals surface area contributed by atoms with Gasteiger partial charge in [0.15, 0.2) is 0 Å². The Morgan fingerprint density at radius 2 is 1.70 bits per heavy atom. The van der Waals surface area contributed by atoms with E-state index in [1.165, 1.54) is 11.3 Å². The lowest BCUT2D eigenvalue weighted by atomic mass is 10.4. The van der Waals surface area contributed by atoms with Crippen LogP contribution in [0.4, 0.5) is 0 Å². The first kappa shape index (κ1) is 17.6. The molecular formula is C15H27NO3S. The Kier molecular flexibility index (Phi) is 11.9. The van der Waals surface area contributed by atoms with Crippen LogP contribution in [-0.2, 0) is 20.8 Å². The van der Waals surface area contributed by atoms with Gasteiger partial charge in [-0.05, 0) is 17.9 Å². The second-order valence-electron chi connectivity index (χ2n) is 4.45. The zero-order chi connectivity index (χ0) is 14.3. The van der Waals surface area contributed by atoms with Crippen molar-refractivity contribution >= 4 is 11.3 Å². The predicted octanol–water partition coefficient (Wildman–Crippen LogP) is 2.69. The molecule has 4 nitrogen and oxygen atoms in total. The molecular weight excluding hydrogens is 274 g/mol. The van der Waals surface area contributed by atoms with Gasteiger partial charge >= 0.3 is 0 Å². The summed E-state index contributed by atoms with van der Waals surface area (Å²) >= 11 is 1.77. The maximum atomic E-state index is 5.47. The largest absolute Gasteiger partial charge is 0.379 e. The first-order valence-electron chi connectivity index (χ1n) is 7.39. The summed E-state index contributed by atoms with van der Waals surface area (Å²) in [6.07, 6.45) is 2.30.